The predicted octanol–water partition coefficient (Wildman–Crippen LogP) is 3.42. The van der Waals surface area contributed by atoms with Crippen LogP contribution in [0.2, 0.25) is 0 Å². The molecule has 0 aromatic rings. The molecule has 21 heavy (non-hydrogen) atoms. The van der Waals surface area contributed by atoms with Crippen LogP contribution in [0.4, 0.5) is 0 Å². The molecule has 126 valence electrons. The Morgan fingerprint density at radius 2 is 1.76 bits per heavy atom. The van der Waals surface area contributed by atoms with Gasteiger partial charge in [-0.15, -0.1) is 0 Å². The Balaban J connectivity index is 3.40. The molecule has 0 saturated carbocycles. The third kappa shape index (κ3) is 14.1. The topological polar surface area (TPSA) is 58.6 Å². The zero-order valence-corrected chi connectivity index (χ0v) is 14.0. The summed E-state index contributed by atoms with van der Waals surface area (Å²) < 4.78 is 5.50. The van der Waals surface area contributed by atoms with Crippen LogP contribution in [-0.4, -0.2) is 36.9 Å². The summed E-state index contributed by atoms with van der Waals surface area (Å²) in [5.74, 6) is -0.0254. The van der Waals surface area contributed by atoms with Gasteiger partial charge in [-0.2, -0.15) is 0 Å². The third-order valence-electron chi connectivity index (χ3n) is 3.66. The van der Waals surface area contributed by atoms with Gasteiger partial charge in [-0.1, -0.05) is 46.0 Å². The van der Waals surface area contributed by atoms with Gasteiger partial charge in [0.25, 0.3) is 0 Å². The maximum Gasteiger partial charge on any atom is 0.306 e. The van der Waals surface area contributed by atoms with Crippen LogP contribution in [0.5, 0.6) is 0 Å². The molecule has 0 aromatic carbocycles. The number of carbonyl (C=O) groups is 1. The van der Waals surface area contributed by atoms with E-state index in [0.29, 0.717) is 13.0 Å². The molecule has 0 heterocycles. The molecule has 0 rings (SSSR count). The zero-order chi connectivity index (χ0) is 15.8. The molecular weight excluding hydrogens is 266 g/mol. The van der Waals surface area contributed by atoms with Crippen molar-refractivity contribution in [1.82, 2.24) is 5.32 Å². The Hall–Kier alpha value is -0.610. The molecule has 0 aliphatic rings. The summed E-state index contributed by atoms with van der Waals surface area (Å²) in [6.07, 6.45) is 10.4. The molecule has 0 spiro atoms. The van der Waals surface area contributed by atoms with Crippen molar-refractivity contribution in [3.63, 3.8) is 0 Å². The highest BCUT2D eigenvalue weighted by Gasteiger charge is 2.11. The summed E-state index contributed by atoms with van der Waals surface area (Å²) in [7, 11) is 0. The number of nitrogens with one attached hydrogen (secondary N) is 1. The molecule has 4 nitrogen and oxygen atoms in total. The highest BCUT2D eigenvalue weighted by Crippen LogP contribution is 2.11. The zero-order valence-electron chi connectivity index (χ0n) is 14.0. The average molecular weight is 301 g/mol. The van der Waals surface area contributed by atoms with Gasteiger partial charge >= 0.3 is 5.97 Å². The molecule has 0 aromatic heterocycles. The Morgan fingerprint density at radius 1 is 1.05 bits per heavy atom. The normalized spacial score (nSPS) is 12.3. The van der Waals surface area contributed by atoms with Gasteiger partial charge in [-0.05, 0) is 32.2 Å². The molecule has 0 bridgehead atoms. The first-order valence-corrected chi connectivity index (χ1v) is 8.75. The standard InChI is InChI=1S/C17H35NO3/c1-3-5-11-16(4-2)21-17(20)12-9-7-6-8-10-13-18-14-15-19/h16,18-19H,3-15H2,1-2H3. The Labute approximate surface area is 130 Å². The van der Waals surface area contributed by atoms with E-state index in [4.69, 9.17) is 9.84 Å². The Morgan fingerprint density at radius 3 is 2.43 bits per heavy atom. The molecular formula is C17H35NO3. The Kier molecular flexibility index (Phi) is 15.3. The third-order valence-corrected chi connectivity index (χ3v) is 3.66. The van der Waals surface area contributed by atoms with E-state index in [0.717, 1.165) is 51.5 Å². The predicted molar refractivity (Wildman–Crippen MR) is 87.4 cm³/mol. The number of aliphatic hydroxyl groups is 1. The van der Waals surface area contributed by atoms with Gasteiger partial charge in [-0.3, -0.25) is 4.79 Å². The van der Waals surface area contributed by atoms with E-state index in [1.165, 1.54) is 12.8 Å². The second-order valence-electron chi connectivity index (χ2n) is 5.65. The van der Waals surface area contributed by atoms with Gasteiger partial charge in [-0.25, -0.2) is 0 Å². The molecule has 1 unspecified atom stereocenters. The van der Waals surface area contributed by atoms with Crippen molar-refractivity contribution >= 4 is 5.97 Å². The SMILES string of the molecule is CCCCC(CC)OC(=O)CCCCCCCNCCO. The fourth-order valence-corrected chi connectivity index (χ4v) is 2.28. The lowest BCUT2D eigenvalue weighted by Crippen LogP contribution is -2.19. The number of aliphatic hydroxyl groups excluding tert-OH is 1. The second kappa shape index (κ2) is 15.8. The van der Waals surface area contributed by atoms with Crippen LogP contribution in [0.3, 0.4) is 0 Å². The molecule has 2 N–H and O–H groups in total. The van der Waals surface area contributed by atoms with Crippen molar-refractivity contribution < 1.29 is 14.6 Å². The fraction of sp³-hybridized carbons (Fsp3) is 0.941. The maximum atomic E-state index is 11.7. The van der Waals surface area contributed by atoms with Crippen LogP contribution >= 0.6 is 0 Å². The molecule has 0 aliphatic carbocycles. The quantitative estimate of drug-likeness (QED) is 0.359. The highest BCUT2D eigenvalue weighted by molar-refractivity contribution is 5.69. The van der Waals surface area contributed by atoms with Gasteiger partial charge in [0, 0.05) is 13.0 Å². The van der Waals surface area contributed by atoms with Crippen molar-refractivity contribution in [2.45, 2.75) is 84.2 Å². The van der Waals surface area contributed by atoms with Crippen molar-refractivity contribution in [2.75, 3.05) is 19.7 Å². The van der Waals surface area contributed by atoms with Gasteiger partial charge in [0.2, 0.25) is 0 Å². The lowest BCUT2D eigenvalue weighted by Gasteiger charge is -2.15. The minimum absolute atomic E-state index is 0.0254. The summed E-state index contributed by atoms with van der Waals surface area (Å²) in [5, 5.41) is 11.8. The largest absolute Gasteiger partial charge is 0.462 e. The molecule has 0 aliphatic heterocycles. The summed E-state index contributed by atoms with van der Waals surface area (Å²) in [6.45, 7) is 6.10. The lowest BCUT2D eigenvalue weighted by atomic mass is 10.1. The van der Waals surface area contributed by atoms with Gasteiger partial charge < -0.3 is 15.2 Å². The number of carbonyl (C=O) groups excluding carboxylic acids is 1. The van der Waals surface area contributed by atoms with Crippen LogP contribution in [0.15, 0.2) is 0 Å². The first-order chi connectivity index (χ1) is 10.2. The summed E-state index contributed by atoms with van der Waals surface area (Å²) >= 11 is 0. The van der Waals surface area contributed by atoms with Crippen LogP contribution in [0.1, 0.15) is 78.1 Å². The molecule has 0 saturated heterocycles. The highest BCUT2D eigenvalue weighted by atomic mass is 16.5. The monoisotopic (exact) mass is 301 g/mol. The number of esters is 1. The van der Waals surface area contributed by atoms with Gasteiger partial charge in [0.05, 0.1) is 6.61 Å². The van der Waals surface area contributed by atoms with Crippen LogP contribution in [0.25, 0.3) is 0 Å². The number of unbranched alkanes of at least 4 members (excludes halogenated alkanes) is 5. The number of rotatable bonds is 15. The number of hydrogen-bond acceptors (Lipinski definition) is 4. The van der Waals surface area contributed by atoms with Gasteiger partial charge in [0.15, 0.2) is 0 Å². The lowest BCUT2D eigenvalue weighted by molar-refractivity contribution is -0.149. The van der Waals surface area contributed by atoms with Crippen molar-refractivity contribution in [3.8, 4) is 0 Å². The first kappa shape index (κ1) is 20.4. The van der Waals surface area contributed by atoms with Crippen molar-refractivity contribution in [1.29, 1.82) is 0 Å². The van der Waals surface area contributed by atoms with E-state index in [2.05, 4.69) is 19.2 Å². The van der Waals surface area contributed by atoms with Gasteiger partial charge in [0.1, 0.15) is 6.10 Å². The summed E-state index contributed by atoms with van der Waals surface area (Å²) in [6, 6.07) is 0. The molecule has 0 radical (unpaired) electrons. The van der Waals surface area contributed by atoms with E-state index >= 15 is 0 Å². The molecule has 0 amide bonds. The number of ether oxygens (including phenoxy) is 1. The minimum atomic E-state index is -0.0254. The average Bonchev–Trinajstić information content (AvgIpc) is 2.49. The van der Waals surface area contributed by atoms with E-state index in [-0.39, 0.29) is 18.7 Å². The smallest absolute Gasteiger partial charge is 0.306 e. The van der Waals surface area contributed by atoms with E-state index in [1.54, 1.807) is 0 Å². The second-order valence-corrected chi connectivity index (χ2v) is 5.65. The Bertz CT molecular complexity index is 234. The van der Waals surface area contributed by atoms with Crippen LogP contribution in [0, 0.1) is 0 Å². The molecule has 4 heteroatoms. The fourth-order valence-electron chi connectivity index (χ4n) is 2.28. The van der Waals surface area contributed by atoms with E-state index < -0.39 is 0 Å². The summed E-state index contributed by atoms with van der Waals surface area (Å²) in [5.41, 5.74) is 0. The first-order valence-electron chi connectivity index (χ1n) is 8.75. The van der Waals surface area contributed by atoms with Crippen molar-refractivity contribution in [3.05, 3.63) is 0 Å². The number of hydrogen-bond donors (Lipinski definition) is 2. The summed E-state index contributed by atoms with van der Waals surface area (Å²) in [4.78, 5) is 11.7. The molecule has 0 fully saturated rings. The van der Waals surface area contributed by atoms with Crippen LogP contribution in [-0.2, 0) is 9.53 Å². The minimum Gasteiger partial charge on any atom is -0.462 e. The van der Waals surface area contributed by atoms with E-state index in [1.807, 2.05) is 0 Å². The molecule has 1 atom stereocenters. The maximum absolute atomic E-state index is 11.7. The van der Waals surface area contributed by atoms with E-state index in [9.17, 15) is 4.79 Å². The van der Waals surface area contributed by atoms with Crippen molar-refractivity contribution in [2.24, 2.45) is 0 Å². The van der Waals surface area contributed by atoms with Crippen LogP contribution < -0.4 is 5.32 Å².